The molecule has 0 aliphatic heterocycles. The van der Waals surface area contributed by atoms with E-state index in [1.807, 2.05) is 30.3 Å². The van der Waals surface area contributed by atoms with E-state index in [-0.39, 0.29) is 12.3 Å². The topological polar surface area (TPSA) is 76.0 Å². The van der Waals surface area contributed by atoms with Crippen molar-refractivity contribution < 1.29 is 28.5 Å². The van der Waals surface area contributed by atoms with Gasteiger partial charge in [0.25, 0.3) is 0 Å². The van der Waals surface area contributed by atoms with Crippen molar-refractivity contribution in [2.24, 2.45) is 0 Å². The average Bonchev–Trinajstić information content (AvgIpc) is 3.11. The van der Waals surface area contributed by atoms with E-state index in [1.54, 1.807) is 18.2 Å². The van der Waals surface area contributed by atoms with Gasteiger partial charge in [0.15, 0.2) is 11.5 Å². The summed E-state index contributed by atoms with van der Waals surface area (Å²) < 4.78 is 22.1. The van der Waals surface area contributed by atoms with Gasteiger partial charge in [-0.2, -0.15) is 0 Å². The van der Waals surface area contributed by atoms with Gasteiger partial charge in [-0.25, -0.2) is 14.2 Å². The molecule has 2 aromatic carbocycles. The van der Waals surface area contributed by atoms with Crippen LogP contribution in [0.25, 0.3) is 10.9 Å². The summed E-state index contributed by atoms with van der Waals surface area (Å²) in [7, 11) is 4.20. The van der Waals surface area contributed by atoms with E-state index >= 15 is 0 Å². The summed E-state index contributed by atoms with van der Waals surface area (Å²) in [5.41, 5.74) is 1.24. The summed E-state index contributed by atoms with van der Waals surface area (Å²) in [5.74, 6) is 0.0855. The van der Waals surface area contributed by atoms with Crippen molar-refractivity contribution in [3.63, 3.8) is 0 Å². The molecule has 140 valence electrons. The first-order valence-electron chi connectivity index (χ1n) is 8.16. The van der Waals surface area contributed by atoms with Crippen LogP contribution in [0, 0.1) is 0 Å². The predicted molar refractivity (Wildman–Crippen MR) is 98.4 cm³/mol. The molecule has 0 bridgehead atoms. The lowest BCUT2D eigenvalue weighted by Crippen LogP contribution is -2.20. The molecule has 27 heavy (non-hydrogen) atoms. The maximum atomic E-state index is 12.8. The minimum Gasteiger partial charge on any atom is -0.493 e. The second-order valence-electron chi connectivity index (χ2n) is 5.64. The van der Waals surface area contributed by atoms with Gasteiger partial charge >= 0.3 is 12.1 Å². The van der Waals surface area contributed by atoms with Crippen LogP contribution in [0.5, 0.6) is 11.5 Å². The molecular weight excluding hydrogens is 350 g/mol. The van der Waals surface area contributed by atoms with Crippen LogP contribution in [0.15, 0.2) is 48.5 Å². The van der Waals surface area contributed by atoms with E-state index in [2.05, 4.69) is 0 Å². The van der Waals surface area contributed by atoms with Gasteiger partial charge in [0.2, 0.25) is 0 Å². The van der Waals surface area contributed by atoms with Gasteiger partial charge in [0, 0.05) is 5.39 Å². The van der Waals surface area contributed by atoms with Crippen LogP contribution >= 0.6 is 0 Å². The van der Waals surface area contributed by atoms with Gasteiger partial charge in [0.1, 0.15) is 17.8 Å². The second-order valence-corrected chi connectivity index (χ2v) is 5.64. The molecule has 3 aromatic rings. The molecule has 0 spiro atoms. The van der Waals surface area contributed by atoms with Crippen LogP contribution in [0.4, 0.5) is 4.79 Å². The quantitative estimate of drug-likeness (QED) is 0.639. The number of benzene rings is 2. The van der Waals surface area contributed by atoms with Gasteiger partial charge in [-0.3, -0.25) is 0 Å². The fraction of sp³-hybridized carbons (Fsp3) is 0.200. The maximum Gasteiger partial charge on any atom is 0.419 e. The van der Waals surface area contributed by atoms with E-state index in [0.29, 0.717) is 22.4 Å². The van der Waals surface area contributed by atoms with Gasteiger partial charge in [-0.15, -0.1) is 0 Å². The molecule has 0 saturated carbocycles. The highest BCUT2D eigenvalue weighted by Crippen LogP contribution is 2.37. The number of methoxy groups -OCH3 is 3. The third kappa shape index (κ3) is 3.44. The Morgan fingerprint density at radius 3 is 2.33 bits per heavy atom. The normalized spacial score (nSPS) is 10.5. The predicted octanol–water partition coefficient (Wildman–Crippen LogP) is 3.63. The zero-order chi connectivity index (χ0) is 19.4. The number of aromatic nitrogens is 1. The number of fused-ring (bicyclic) bond motifs is 1. The zero-order valence-corrected chi connectivity index (χ0v) is 15.2. The van der Waals surface area contributed by atoms with Crippen LogP contribution in [-0.4, -0.2) is 38.0 Å². The number of esters is 1. The highest BCUT2D eigenvalue weighted by Gasteiger charge is 2.26. The standard InChI is InChI=1S/C20H19NO6/c1-24-16-10-9-14-11-15(19(22)26-3)21(17(14)18(16)25-2)20(23)27-12-13-7-5-4-6-8-13/h4-11H,12H2,1-3H3. The maximum absolute atomic E-state index is 12.8. The number of rotatable bonds is 5. The monoisotopic (exact) mass is 369 g/mol. The van der Waals surface area contributed by atoms with Crippen LogP contribution in [-0.2, 0) is 16.1 Å². The minimum absolute atomic E-state index is 0.0390. The van der Waals surface area contributed by atoms with E-state index in [1.165, 1.54) is 21.3 Å². The van der Waals surface area contributed by atoms with Crippen LogP contribution in [0.3, 0.4) is 0 Å². The smallest absolute Gasteiger partial charge is 0.419 e. The Morgan fingerprint density at radius 1 is 0.963 bits per heavy atom. The lowest BCUT2D eigenvalue weighted by Gasteiger charge is -2.13. The highest BCUT2D eigenvalue weighted by molar-refractivity contribution is 6.04. The molecular formula is C20H19NO6. The van der Waals surface area contributed by atoms with Crippen molar-refractivity contribution >= 4 is 23.0 Å². The molecule has 0 unspecified atom stereocenters. The van der Waals surface area contributed by atoms with Crippen molar-refractivity contribution in [3.8, 4) is 11.5 Å². The van der Waals surface area contributed by atoms with Crippen molar-refractivity contribution in [3.05, 3.63) is 59.8 Å². The van der Waals surface area contributed by atoms with Crippen LogP contribution < -0.4 is 9.47 Å². The summed E-state index contributed by atoms with van der Waals surface area (Å²) in [6.07, 6.45) is -0.721. The lowest BCUT2D eigenvalue weighted by atomic mass is 10.2. The highest BCUT2D eigenvalue weighted by atomic mass is 16.6. The number of carbonyl (C=O) groups is 2. The molecule has 0 aliphatic rings. The summed E-state index contributed by atoms with van der Waals surface area (Å²) in [6.45, 7) is 0.0617. The Labute approximate surface area is 156 Å². The Hall–Kier alpha value is -3.48. The number of ether oxygens (including phenoxy) is 4. The molecule has 1 aromatic heterocycles. The summed E-state index contributed by atoms with van der Waals surface area (Å²) in [4.78, 5) is 25.1. The molecule has 0 fully saturated rings. The number of nitrogens with zero attached hydrogens (tertiary/aromatic N) is 1. The third-order valence-electron chi connectivity index (χ3n) is 4.09. The molecule has 0 N–H and O–H groups in total. The first kappa shape index (κ1) is 18.3. The first-order valence-corrected chi connectivity index (χ1v) is 8.16. The zero-order valence-electron chi connectivity index (χ0n) is 15.2. The minimum atomic E-state index is -0.721. The largest absolute Gasteiger partial charge is 0.493 e. The SMILES string of the molecule is COC(=O)c1cc2ccc(OC)c(OC)c2n1C(=O)OCc1ccccc1. The molecule has 0 saturated heterocycles. The van der Waals surface area contributed by atoms with Crippen molar-refractivity contribution in [2.75, 3.05) is 21.3 Å². The van der Waals surface area contributed by atoms with E-state index < -0.39 is 12.1 Å². The number of hydrogen-bond donors (Lipinski definition) is 0. The number of carbonyl (C=O) groups excluding carboxylic acids is 2. The van der Waals surface area contributed by atoms with Gasteiger partial charge < -0.3 is 18.9 Å². The molecule has 3 rings (SSSR count). The van der Waals surface area contributed by atoms with Gasteiger partial charge in [0.05, 0.1) is 21.3 Å². The summed E-state index contributed by atoms with van der Waals surface area (Å²) in [5, 5.41) is 0.615. The van der Waals surface area contributed by atoms with Crippen molar-refractivity contribution in [1.82, 2.24) is 4.57 Å². The molecule has 1 heterocycles. The third-order valence-corrected chi connectivity index (χ3v) is 4.09. The second kappa shape index (κ2) is 7.82. The summed E-state index contributed by atoms with van der Waals surface area (Å²) in [6, 6.07) is 14.2. The molecule has 7 nitrogen and oxygen atoms in total. The lowest BCUT2D eigenvalue weighted by molar-refractivity contribution is 0.0585. The van der Waals surface area contributed by atoms with Crippen molar-refractivity contribution in [2.45, 2.75) is 6.61 Å². The average molecular weight is 369 g/mol. The summed E-state index contributed by atoms with van der Waals surface area (Å²) >= 11 is 0. The Bertz CT molecular complexity index is 977. The van der Waals surface area contributed by atoms with Crippen molar-refractivity contribution in [1.29, 1.82) is 0 Å². The molecule has 0 atom stereocenters. The Kier molecular flexibility index (Phi) is 5.30. The number of hydrogen-bond acceptors (Lipinski definition) is 6. The van der Waals surface area contributed by atoms with E-state index in [4.69, 9.17) is 18.9 Å². The fourth-order valence-electron chi connectivity index (χ4n) is 2.83. The first-order chi connectivity index (χ1) is 13.1. The molecule has 0 aliphatic carbocycles. The molecule has 7 heteroatoms. The molecule has 0 amide bonds. The fourth-order valence-corrected chi connectivity index (χ4v) is 2.83. The van der Waals surface area contributed by atoms with E-state index in [9.17, 15) is 9.59 Å². The van der Waals surface area contributed by atoms with Gasteiger partial charge in [-0.05, 0) is 23.8 Å². The van der Waals surface area contributed by atoms with Gasteiger partial charge in [-0.1, -0.05) is 30.3 Å². The Morgan fingerprint density at radius 2 is 1.70 bits per heavy atom. The molecule has 0 radical (unpaired) electrons. The van der Waals surface area contributed by atoms with Crippen LogP contribution in [0.2, 0.25) is 0 Å². The Balaban J connectivity index is 2.10. The van der Waals surface area contributed by atoms with Crippen LogP contribution in [0.1, 0.15) is 16.1 Å². The van der Waals surface area contributed by atoms with E-state index in [0.717, 1.165) is 10.1 Å².